The minimum Gasteiger partial charge on any atom is -0.368 e. The summed E-state index contributed by atoms with van der Waals surface area (Å²) >= 11 is 6.05. The van der Waals surface area contributed by atoms with Crippen LogP contribution in [-0.4, -0.2) is 61.5 Å². The summed E-state index contributed by atoms with van der Waals surface area (Å²) < 4.78 is 0. The molecule has 2 heterocycles. The molecule has 0 spiro atoms. The summed E-state index contributed by atoms with van der Waals surface area (Å²) in [6, 6.07) is 7.94. The number of benzene rings is 1. The number of carbonyl (C=O) groups excluding carboxylic acids is 1. The molecular formula is C17H24ClN3O. The molecule has 0 saturated carbocycles. The fourth-order valence-corrected chi connectivity index (χ4v) is 3.53. The first-order valence-corrected chi connectivity index (χ1v) is 8.50. The summed E-state index contributed by atoms with van der Waals surface area (Å²) in [5.74, 6) is 1.01. The first-order chi connectivity index (χ1) is 10.6. The molecule has 0 unspecified atom stereocenters. The highest BCUT2D eigenvalue weighted by Gasteiger charge is 2.25. The zero-order chi connectivity index (χ0) is 15.5. The van der Waals surface area contributed by atoms with E-state index in [1.165, 1.54) is 6.42 Å². The van der Waals surface area contributed by atoms with E-state index in [9.17, 15) is 4.79 Å². The largest absolute Gasteiger partial charge is 0.368 e. The molecule has 120 valence electrons. The zero-order valence-electron chi connectivity index (χ0n) is 13.2. The maximum absolute atomic E-state index is 12.4. The standard InChI is InChI=1S/C17H24ClN3O/c1-14-5-6-19(12-14)13-17(22)21-9-7-20(8-10-21)16-4-2-3-15(18)11-16/h2-4,11,14H,5-10,12-13H2,1H3/t14-/m1/s1. The van der Waals surface area contributed by atoms with Crippen molar-refractivity contribution in [3.63, 3.8) is 0 Å². The Hall–Kier alpha value is -1.26. The van der Waals surface area contributed by atoms with Gasteiger partial charge >= 0.3 is 0 Å². The Balaban J connectivity index is 1.50. The second-order valence-electron chi connectivity index (χ2n) is 6.48. The van der Waals surface area contributed by atoms with Crippen molar-refractivity contribution < 1.29 is 4.79 Å². The Bertz CT molecular complexity index is 528. The van der Waals surface area contributed by atoms with Gasteiger partial charge in [-0.15, -0.1) is 0 Å². The summed E-state index contributed by atoms with van der Waals surface area (Å²) in [5, 5.41) is 0.763. The summed E-state index contributed by atoms with van der Waals surface area (Å²) in [7, 11) is 0. The van der Waals surface area contributed by atoms with Gasteiger partial charge in [-0.1, -0.05) is 24.6 Å². The maximum atomic E-state index is 12.4. The molecule has 22 heavy (non-hydrogen) atoms. The summed E-state index contributed by atoms with van der Waals surface area (Å²) in [6.45, 7) is 8.33. The molecule has 1 amide bonds. The van der Waals surface area contributed by atoms with Crippen molar-refractivity contribution in [2.75, 3.05) is 50.7 Å². The SMILES string of the molecule is C[C@@H]1CCN(CC(=O)N2CCN(c3cccc(Cl)c3)CC2)C1. The first kappa shape index (κ1) is 15.6. The summed E-state index contributed by atoms with van der Waals surface area (Å²) in [5.41, 5.74) is 1.15. The highest BCUT2D eigenvalue weighted by molar-refractivity contribution is 6.30. The second-order valence-corrected chi connectivity index (χ2v) is 6.91. The van der Waals surface area contributed by atoms with Crippen molar-refractivity contribution >= 4 is 23.2 Å². The van der Waals surface area contributed by atoms with E-state index in [0.717, 1.165) is 55.9 Å². The maximum Gasteiger partial charge on any atom is 0.236 e. The number of piperazine rings is 1. The topological polar surface area (TPSA) is 26.8 Å². The van der Waals surface area contributed by atoms with Crippen LogP contribution in [0.5, 0.6) is 0 Å². The molecule has 2 aliphatic heterocycles. The lowest BCUT2D eigenvalue weighted by Crippen LogP contribution is -2.51. The highest BCUT2D eigenvalue weighted by atomic mass is 35.5. The van der Waals surface area contributed by atoms with Crippen LogP contribution in [0.2, 0.25) is 5.02 Å². The molecule has 0 radical (unpaired) electrons. The highest BCUT2D eigenvalue weighted by Crippen LogP contribution is 2.21. The molecule has 0 aliphatic carbocycles. The van der Waals surface area contributed by atoms with Gasteiger partial charge in [-0.2, -0.15) is 0 Å². The first-order valence-electron chi connectivity index (χ1n) is 8.12. The fourth-order valence-electron chi connectivity index (χ4n) is 3.35. The third kappa shape index (κ3) is 3.73. The molecule has 1 atom stereocenters. The molecule has 0 bridgehead atoms. The van der Waals surface area contributed by atoms with Crippen molar-refractivity contribution in [2.24, 2.45) is 5.92 Å². The van der Waals surface area contributed by atoms with Crippen molar-refractivity contribution in [3.05, 3.63) is 29.3 Å². The lowest BCUT2D eigenvalue weighted by molar-refractivity contribution is -0.132. The second kappa shape index (κ2) is 6.88. The van der Waals surface area contributed by atoms with Gasteiger partial charge in [0.15, 0.2) is 0 Å². The number of likely N-dealkylation sites (tertiary alicyclic amines) is 1. The molecule has 3 rings (SSSR count). The molecule has 2 fully saturated rings. The van der Waals surface area contributed by atoms with Crippen LogP contribution in [0.3, 0.4) is 0 Å². The summed E-state index contributed by atoms with van der Waals surface area (Å²) in [4.78, 5) is 19.0. The molecule has 2 saturated heterocycles. The van der Waals surface area contributed by atoms with Gasteiger partial charge < -0.3 is 9.80 Å². The van der Waals surface area contributed by atoms with Crippen molar-refractivity contribution in [1.82, 2.24) is 9.80 Å². The third-order valence-electron chi connectivity index (χ3n) is 4.67. The Labute approximate surface area is 137 Å². The fraction of sp³-hybridized carbons (Fsp3) is 0.588. The van der Waals surface area contributed by atoms with Gasteiger partial charge in [-0.25, -0.2) is 0 Å². The van der Waals surface area contributed by atoms with Crippen molar-refractivity contribution in [3.8, 4) is 0 Å². The minimum absolute atomic E-state index is 0.278. The predicted molar refractivity (Wildman–Crippen MR) is 90.5 cm³/mol. The number of hydrogen-bond acceptors (Lipinski definition) is 3. The van der Waals surface area contributed by atoms with Gasteiger partial charge in [0.2, 0.25) is 5.91 Å². The van der Waals surface area contributed by atoms with Crippen LogP contribution in [0.15, 0.2) is 24.3 Å². The van der Waals surface area contributed by atoms with E-state index >= 15 is 0 Å². The van der Waals surface area contributed by atoms with Crippen LogP contribution in [-0.2, 0) is 4.79 Å². The molecule has 5 heteroatoms. The minimum atomic E-state index is 0.278. The van der Waals surface area contributed by atoms with Gasteiger partial charge in [0.05, 0.1) is 6.54 Å². The van der Waals surface area contributed by atoms with Crippen molar-refractivity contribution in [2.45, 2.75) is 13.3 Å². The average Bonchev–Trinajstić information content (AvgIpc) is 2.92. The van der Waals surface area contributed by atoms with Gasteiger partial charge in [0, 0.05) is 43.4 Å². The third-order valence-corrected chi connectivity index (χ3v) is 4.91. The van der Waals surface area contributed by atoms with E-state index in [-0.39, 0.29) is 5.91 Å². The van der Waals surface area contributed by atoms with Crippen LogP contribution in [0.4, 0.5) is 5.69 Å². The van der Waals surface area contributed by atoms with Gasteiger partial charge in [0.1, 0.15) is 0 Å². The Morgan fingerprint density at radius 2 is 2.00 bits per heavy atom. The van der Waals surface area contributed by atoms with Crippen LogP contribution in [0.25, 0.3) is 0 Å². The lowest BCUT2D eigenvalue weighted by atomic mass is 10.2. The molecule has 2 aliphatic rings. The number of carbonyl (C=O) groups is 1. The number of halogens is 1. The number of amides is 1. The zero-order valence-corrected chi connectivity index (χ0v) is 13.9. The molecule has 0 N–H and O–H groups in total. The summed E-state index contributed by atoms with van der Waals surface area (Å²) in [6.07, 6.45) is 1.22. The van der Waals surface area contributed by atoms with Crippen molar-refractivity contribution in [1.29, 1.82) is 0 Å². The van der Waals surface area contributed by atoms with Crippen LogP contribution < -0.4 is 4.90 Å². The molecule has 0 aromatic heterocycles. The monoisotopic (exact) mass is 321 g/mol. The van der Waals surface area contributed by atoms with E-state index in [4.69, 9.17) is 11.6 Å². The van der Waals surface area contributed by atoms with Crippen LogP contribution in [0.1, 0.15) is 13.3 Å². The van der Waals surface area contributed by atoms with Crippen LogP contribution in [0, 0.1) is 5.92 Å². The van der Waals surface area contributed by atoms with E-state index in [1.807, 2.05) is 23.1 Å². The van der Waals surface area contributed by atoms with Gasteiger partial charge in [-0.05, 0) is 37.1 Å². The molecular weight excluding hydrogens is 298 g/mol. The van der Waals surface area contributed by atoms with E-state index in [2.05, 4.69) is 22.8 Å². The Kier molecular flexibility index (Phi) is 4.89. The Morgan fingerprint density at radius 1 is 1.23 bits per heavy atom. The molecule has 4 nitrogen and oxygen atoms in total. The van der Waals surface area contributed by atoms with Gasteiger partial charge in [0.25, 0.3) is 0 Å². The molecule has 1 aromatic carbocycles. The number of hydrogen-bond donors (Lipinski definition) is 0. The van der Waals surface area contributed by atoms with E-state index in [1.54, 1.807) is 0 Å². The van der Waals surface area contributed by atoms with E-state index in [0.29, 0.717) is 6.54 Å². The quantitative estimate of drug-likeness (QED) is 0.855. The predicted octanol–water partition coefficient (Wildman–Crippen LogP) is 2.33. The smallest absolute Gasteiger partial charge is 0.236 e. The molecule has 1 aromatic rings. The number of rotatable bonds is 3. The van der Waals surface area contributed by atoms with Gasteiger partial charge in [-0.3, -0.25) is 9.69 Å². The normalized spacial score (nSPS) is 23.1. The number of nitrogens with zero attached hydrogens (tertiary/aromatic N) is 3. The van der Waals surface area contributed by atoms with E-state index < -0.39 is 0 Å². The van der Waals surface area contributed by atoms with Crippen LogP contribution >= 0.6 is 11.6 Å². The Morgan fingerprint density at radius 3 is 2.64 bits per heavy atom. The number of anilines is 1. The lowest BCUT2D eigenvalue weighted by Gasteiger charge is -2.36. The average molecular weight is 322 g/mol.